The number of carbonyl (C=O) groups is 2. The van der Waals surface area contributed by atoms with E-state index < -0.39 is 24.0 Å². The number of ether oxygens (including phenoxy) is 2. The quantitative estimate of drug-likeness (QED) is 0.732. The van der Waals surface area contributed by atoms with Gasteiger partial charge >= 0.3 is 17.9 Å². The molecule has 1 aliphatic rings. The Hall–Kier alpha value is -1.14. The summed E-state index contributed by atoms with van der Waals surface area (Å²) in [5.74, 6) is -3.59. The molecular weight excluding hydrogens is 252 g/mol. The van der Waals surface area contributed by atoms with Crippen LogP contribution < -0.4 is 0 Å². The van der Waals surface area contributed by atoms with Crippen LogP contribution in [0.4, 0.5) is 0 Å². The minimum absolute atomic E-state index is 0.129. The van der Waals surface area contributed by atoms with Crippen LogP contribution in [0, 0.1) is 0 Å². The van der Waals surface area contributed by atoms with E-state index in [1.165, 1.54) is 0 Å². The molecule has 0 aliphatic carbocycles. The maximum absolute atomic E-state index is 11.5. The van der Waals surface area contributed by atoms with E-state index in [2.05, 4.69) is 0 Å². The Bertz CT molecular complexity index is 294. The third kappa shape index (κ3) is 6.02. The van der Waals surface area contributed by atoms with Crippen LogP contribution in [-0.4, -0.2) is 34.2 Å². The molecule has 0 bridgehead atoms. The minimum Gasteiger partial charge on any atom is -0.398 e. The Morgan fingerprint density at radius 1 is 1.21 bits per heavy atom. The smallest absolute Gasteiger partial charge is 0.375 e. The lowest BCUT2D eigenvalue weighted by Crippen LogP contribution is -2.42. The monoisotopic (exact) mass is 274 g/mol. The van der Waals surface area contributed by atoms with Crippen LogP contribution in [0.3, 0.4) is 0 Å². The number of hydrogen-bond donors (Lipinski definition) is 2. The first kappa shape index (κ1) is 15.9. The van der Waals surface area contributed by atoms with Crippen LogP contribution in [-0.2, 0) is 19.1 Å². The van der Waals surface area contributed by atoms with E-state index in [1.807, 2.05) is 6.92 Å². The Kier molecular flexibility index (Phi) is 6.24. The molecule has 0 radical (unpaired) electrons. The van der Waals surface area contributed by atoms with E-state index in [1.54, 1.807) is 0 Å². The number of carbonyl (C=O) groups excluding carboxylic acids is 2. The van der Waals surface area contributed by atoms with Gasteiger partial charge < -0.3 is 19.7 Å². The van der Waals surface area contributed by atoms with Crippen molar-refractivity contribution in [3.63, 3.8) is 0 Å². The molecule has 0 amide bonds. The molecule has 19 heavy (non-hydrogen) atoms. The molecule has 110 valence electrons. The summed E-state index contributed by atoms with van der Waals surface area (Å²) >= 11 is 0. The Balaban J connectivity index is 2.65. The van der Waals surface area contributed by atoms with Crippen LogP contribution in [0.5, 0.6) is 0 Å². The van der Waals surface area contributed by atoms with Gasteiger partial charge in [-0.15, -0.1) is 0 Å². The third-order valence-corrected chi connectivity index (χ3v) is 2.94. The molecular formula is C13H22O6. The van der Waals surface area contributed by atoms with Gasteiger partial charge in [-0.2, -0.15) is 0 Å². The summed E-state index contributed by atoms with van der Waals surface area (Å²) in [5.41, 5.74) is 0. The number of cyclic esters (lactones) is 2. The molecule has 2 N–H and O–H groups in total. The fourth-order valence-electron chi connectivity index (χ4n) is 1.94. The van der Waals surface area contributed by atoms with Crippen LogP contribution >= 0.6 is 0 Å². The van der Waals surface area contributed by atoms with Crippen LogP contribution in [0.1, 0.15) is 58.3 Å². The summed E-state index contributed by atoms with van der Waals surface area (Å²) in [6.07, 6.45) is 2.22. The predicted molar refractivity (Wildman–Crippen MR) is 65.8 cm³/mol. The van der Waals surface area contributed by atoms with Crippen molar-refractivity contribution in [2.24, 2.45) is 0 Å². The van der Waals surface area contributed by atoms with Crippen LogP contribution in [0.2, 0.25) is 0 Å². The summed E-state index contributed by atoms with van der Waals surface area (Å²) in [7, 11) is 0. The SMILES string of the molecule is CCCCC(O)CC1(O)OC(=O)CCCCC(=O)O1. The third-order valence-electron chi connectivity index (χ3n) is 2.94. The lowest BCUT2D eigenvalue weighted by Gasteiger charge is -2.28. The van der Waals surface area contributed by atoms with E-state index in [9.17, 15) is 19.8 Å². The number of unbranched alkanes of at least 4 members (excludes halogenated alkanes) is 1. The van der Waals surface area contributed by atoms with Gasteiger partial charge in [0, 0.05) is 12.8 Å². The maximum atomic E-state index is 11.5. The highest BCUT2D eigenvalue weighted by Gasteiger charge is 2.39. The number of rotatable bonds is 5. The highest BCUT2D eigenvalue weighted by atomic mass is 16.8. The normalized spacial score (nSPS) is 21.6. The summed E-state index contributed by atoms with van der Waals surface area (Å²) in [6.45, 7) is 1.97. The fraction of sp³-hybridized carbons (Fsp3) is 0.846. The summed E-state index contributed by atoms with van der Waals surface area (Å²) < 4.78 is 9.59. The molecule has 1 unspecified atom stereocenters. The van der Waals surface area contributed by atoms with E-state index in [-0.39, 0.29) is 19.3 Å². The second kappa shape index (κ2) is 7.45. The molecule has 6 heteroatoms. The molecule has 0 aromatic rings. The van der Waals surface area contributed by atoms with E-state index >= 15 is 0 Å². The molecule has 1 fully saturated rings. The first-order valence-corrected chi connectivity index (χ1v) is 6.79. The average molecular weight is 274 g/mol. The second-order valence-corrected chi connectivity index (χ2v) is 4.87. The van der Waals surface area contributed by atoms with Gasteiger partial charge in [-0.25, -0.2) is 0 Å². The molecule has 1 heterocycles. The van der Waals surface area contributed by atoms with Crippen molar-refractivity contribution >= 4 is 11.9 Å². The molecule has 1 rings (SSSR count). The second-order valence-electron chi connectivity index (χ2n) is 4.87. The lowest BCUT2D eigenvalue weighted by molar-refractivity contribution is -0.333. The van der Waals surface area contributed by atoms with Gasteiger partial charge in [0.2, 0.25) is 0 Å². The van der Waals surface area contributed by atoms with E-state index in [4.69, 9.17) is 9.47 Å². The van der Waals surface area contributed by atoms with Crippen molar-refractivity contribution in [3.05, 3.63) is 0 Å². The van der Waals surface area contributed by atoms with Crippen molar-refractivity contribution in [1.29, 1.82) is 0 Å². The zero-order valence-electron chi connectivity index (χ0n) is 11.3. The molecule has 0 spiro atoms. The van der Waals surface area contributed by atoms with Crippen molar-refractivity contribution < 1.29 is 29.3 Å². The molecule has 1 aliphatic heterocycles. The van der Waals surface area contributed by atoms with Crippen molar-refractivity contribution in [2.75, 3.05) is 0 Å². The topological polar surface area (TPSA) is 93.1 Å². The minimum atomic E-state index is -2.34. The van der Waals surface area contributed by atoms with Gasteiger partial charge in [-0.1, -0.05) is 19.8 Å². The van der Waals surface area contributed by atoms with Crippen molar-refractivity contribution in [3.8, 4) is 0 Å². The summed E-state index contributed by atoms with van der Waals surface area (Å²) in [6, 6.07) is 0. The first-order valence-electron chi connectivity index (χ1n) is 6.79. The molecule has 0 saturated carbocycles. The van der Waals surface area contributed by atoms with Crippen LogP contribution in [0.15, 0.2) is 0 Å². The maximum Gasteiger partial charge on any atom is 0.375 e. The van der Waals surface area contributed by atoms with Gasteiger partial charge in [0.25, 0.3) is 0 Å². The van der Waals surface area contributed by atoms with Gasteiger partial charge in [0.05, 0.1) is 12.5 Å². The zero-order valence-corrected chi connectivity index (χ0v) is 11.3. The average Bonchev–Trinajstić information content (AvgIpc) is 2.36. The highest BCUT2D eigenvalue weighted by molar-refractivity contribution is 5.72. The van der Waals surface area contributed by atoms with Gasteiger partial charge in [-0.3, -0.25) is 9.59 Å². The van der Waals surface area contributed by atoms with E-state index in [0.29, 0.717) is 19.3 Å². The van der Waals surface area contributed by atoms with Gasteiger partial charge in [0.15, 0.2) is 0 Å². The van der Waals surface area contributed by atoms with Crippen molar-refractivity contribution in [2.45, 2.75) is 70.4 Å². The lowest BCUT2D eigenvalue weighted by atomic mass is 10.1. The Labute approximate surface area is 112 Å². The highest BCUT2D eigenvalue weighted by Crippen LogP contribution is 2.23. The summed E-state index contributed by atoms with van der Waals surface area (Å²) in [5, 5.41) is 19.8. The first-order chi connectivity index (χ1) is 8.95. The zero-order chi connectivity index (χ0) is 14.3. The summed E-state index contributed by atoms with van der Waals surface area (Å²) in [4.78, 5) is 22.9. The van der Waals surface area contributed by atoms with Gasteiger partial charge in [-0.05, 0) is 19.3 Å². The fourth-order valence-corrected chi connectivity index (χ4v) is 1.94. The van der Waals surface area contributed by atoms with Crippen molar-refractivity contribution in [1.82, 2.24) is 0 Å². The van der Waals surface area contributed by atoms with Gasteiger partial charge in [0.1, 0.15) is 0 Å². The van der Waals surface area contributed by atoms with E-state index in [0.717, 1.165) is 12.8 Å². The number of hydrogen-bond acceptors (Lipinski definition) is 6. The molecule has 1 atom stereocenters. The van der Waals surface area contributed by atoms with Crippen LogP contribution in [0.25, 0.3) is 0 Å². The molecule has 0 aromatic carbocycles. The number of esters is 2. The standard InChI is InChI=1S/C13H22O6/c1-2-3-6-10(14)9-13(17)18-11(15)7-4-5-8-12(16)19-13/h10,14,17H,2-9H2,1H3. The largest absolute Gasteiger partial charge is 0.398 e. The number of aliphatic hydroxyl groups is 2. The Morgan fingerprint density at radius 2 is 1.74 bits per heavy atom. The Morgan fingerprint density at radius 3 is 2.21 bits per heavy atom. The number of aliphatic hydroxyl groups excluding tert-OH is 1. The molecule has 0 aromatic heterocycles. The predicted octanol–water partition coefficient (Wildman–Crippen LogP) is 1.23. The molecule has 1 saturated heterocycles. The molecule has 6 nitrogen and oxygen atoms in total.